The van der Waals surface area contributed by atoms with Gasteiger partial charge in [0.1, 0.15) is 5.78 Å². The fraction of sp³-hybridized carbons (Fsp3) is 0.429. The average Bonchev–Trinajstić information content (AvgIpc) is 2.41. The van der Waals surface area contributed by atoms with E-state index >= 15 is 0 Å². The highest BCUT2D eigenvalue weighted by molar-refractivity contribution is 5.74. The number of hydrogen-bond acceptors (Lipinski definition) is 4. The number of nitrogens with zero attached hydrogens (tertiary/aromatic N) is 1. The van der Waals surface area contributed by atoms with Crippen molar-refractivity contribution in [2.75, 3.05) is 6.61 Å². The number of nitriles is 1. The molecule has 0 aliphatic heterocycles. The molecular weight excluding hydrogens is 230 g/mol. The second-order valence-corrected chi connectivity index (χ2v) is 3.56. The van der Waals surface area contributed by atoms with E-state index in [1.807, 2.05) is 31.2 Å². The zero-order valence-corrected chi connectivity index (χ0v) is 11.1. The molecule has 4 nitrogen and oxygen atoms in total. The van der Waals surface area contributed by atoms with Crippen LogP contribution in [0.1, 0.15) is 32.8 Å². The second kappa shape index (κ2) is 13.4. The van der Waals surface area contributed by atoms with Gasteiger partial charge in [0.15, 0.2) is 0 Å². The van der Waals surface area contributed by atoms with Crippen molar-refractivity contribution in [2.24, 2.45) is 0 Å². The number of benzene rings is 1. The van der Waals surface area contributed by atoms with Gasteiger partial charge in [0, 0.05) is 6.42 Å². The van der Waals surface area contributed by atoms with Crippen LogP contribution >= 0.6 is 0 Å². The Morgan fingerprint density at radius 2 is 1.78 bits per heavy atom. The zero-order valence-electron chi connectivity index (χ0n) is 11.1. The predicted octanol–water partition coefficient (Wildman–Crippen LogP) is 1.90. The average molecular weight is 251 g/mol. The standard InChI is InChI=1S/C7H5N.C4H8O.C3H8O2/c8-6-7-4-2-1-3-5-7;1-3-4(2)5;1-3(5)2-4/h1-5H;3H2,1-2H3;3-5H,2H2,1H3. The molecule has 100 valence electrons. The van der Waals surface area contributed by atoms with Crippen molar-refractivity contribution in [1.29, 1.82) is 5.26 Å². The van der Waals surface area contributed by atoms with Crippen LogP contribution in [0, 0.1) is 11.3 Å². The van der Waals surface area contributed by atoms with E-state index in [1.165, 1.54) is 6.92 Å². The third-order valence-corrected chi connectivity index (χ3v) is 1.67. The van der Waals surface area contributed by atoms with E-state index in [-0.39, 0.29) is 12.4 Å². The van der Waals surface area contributed by atoms with E-state index in [1.54, 1.807) is 19.1 Å². The van der Waals surface area contributed by atoms with Gasteiger partial charge < -0.3 is 15.0 Å². The lowest BCUT2D eigenvalue weighted by Gasteiger charge is -1.90. The number of carbonyl (C=O) groups is 1. The van der Waals surface area contributed by atoms with Gasteiger partial charge in [-0.1, -0.05) is 25.1 Å². The Kier molecular flexibility index (Phi) is 13.9. The van der Waals surface area contributed by atoms with Gasteiger partial charge in [0.2, 0.25) is 0 Å². The molecule has 0 aliphatic carbocycles. The van der Waals surface area contributed by atoms with Crippen LogP contribution in [-0.4, -0.2) is 28.7 Å². The van der Waals surface area contributed by atoms with Gasteiger partial charge in [0.05, 0.1) is 24.3 Å². The third kappa shape index (κ3) is 16.7. The van der Waals surface area contributed by atoms with Crippen LogP contribution in [0.15, 0.2) is 30.3 Å². The maximum atomic E-state index is 9.81. The molecule has 4 heteroatoms. The summed E-state index contributed by atoms with van der Waals surface area (Å²) >= 11 is 0. The highest BCUT2D eigenvalue weighted by Gasteiger charge is 1.83. The Balaban J connectivity index is 0. The number of aliphatic hydroxyl groups excluding tert-OH is 2. The molecule has 1 rings (SSSR count). The summed E-state index contributed by atoms with van der Waals surface area (Å²) in [4.78, 5) is 9.81. The summed E-state index contributed by atoms with van der Waals surface area (Å²) in [6, 6.07) is 11.2. The first-order chi connectivity index (χ1) is 8.47. The lowest BCUT2D eigenvalue weighted by molar-refractivity contribution is -0.116. The number of rotatable bonds is 2. The molecule has 1 aromatic rings. The molecule has 0 radical (unpaired) electrons. The lowest BCUT2D eigenvalue weighted by atomic mass is 10.2. The van der Waals surface area contributed by atoms with Crippen molar-refractivity contribution in [3.8, 4) is 6.07 Å². The van der Waals surface area contributed by atoms with Gasteiger partial charge in [0.25, 0.3) is 0 Å². The highest BCUT2D eigenvalue weighted by Crippen LogP contribution is 1.93. The molecular formula is C14H21NO3. The van der Waals surface area contributed by atoms with Crippen LogP contribution in [0.25, 0.3) is 0 Å². The number of ketones is 1. The summed E-state index contributed by atoms with van der Waals surface area (Å²) in [6.07, 6.45) is 0.106. The molecule has 0 fully saturated rings. The molecule has 0 aromatic heterocycles. The molecule has 1 unspecified atom stereocenters. The maximum Gasteiger partial charge on any atom is 0.129 e. The van der Waals surface area contributed by atoms with E-state index in [0.717, 1.165) is 0 Å². The summed E-state index contributed by atoms with van der Waals surface area (Å²) in [5, 5.41) is 24.3. The molecule has 0 saturated carbocycles. The molecule has 0 amide bonds. The van der Waals surface area contributed by atoms with E-state index in [9.17, 15) is 4.79 Å². The highest BCUT2D eigenvalue weighted by atomic mass is 16.3. The first-order valence-corrected chi connectivity index (χ1v) is 5.71. The molecule has 0 heterocycles. The van der Waals surface area contributed by atoms with Crippen LogP contribution < -0.4 is 0 Å². The van der Waals surface area contributed by atoms with E-state index in [0.29, 0.717) is 12.0 Å². The fourth-order valence-corrected chi connectivity index (χ4v) is 0.513. The molecule has 0 saturated heterocycles. The maximum absolute atomic E-state index is 9.81. The molecule has 0 bridgehead atoms. The lowest BCUT2D eigenvalue weighted by Crippen LogP contribution is -2.03. The smallest absolute Gasteiger partial charge is 0.129 e. The monoisotopic (exact) mass is 251 g/mol. The number of Topliss-reactive ketones (excluding diaryl/α,β-unsaturated/α-hetero) is 1. The van der Waals surface area contributed by atoms with Gasteiger partial charge in [-0.05, 0) is 26.0 Å². The second-order valence-electron chi connectivity index (χ2n) is 3.56. The normalized spacial score (nSPS) is 9.78. The minimum atomic E-state index is -0.560. The minimum Gasteiger partial charge on any atom is -0.394 e. The quantitative estimate of drug-likeness (QED) is 0.841. The van der Waals surface area contributed by atoms with Crippen molar-refractivity contribution in [3.63, 3.8) is 0 Å². The minimum absolute atomic E-state index is 0.139. The molecule has 0 spiro atoms. The number of carbonyl (C=O) groups excluding carboxylic acids is 1. The summed E-state index contributed by atoms with van der Waals surface area (Å²) in [7, 11) is 0. The first-order valence-electron chi connectivity index (χ1n) is 5.71. The fourth-order valence-electron chi connectivity index (χ4n) is 0.513. The van der Waals surface area contributed by atoms with Crippen LogP contribution in [-0.2, 0) is 4.79 Å². The van der Waals surface area contributed by atoms with Crippen molar-refractivity contribution >= 4 is 5.78 Å². The van der Waals surface area contributed by atoms with Crippen LogP contribution in [0.5, 0.6) is 0 Å². The Morgan fingerprint density at radius 3 is 1.94 bits per heavy atom. The summed E-state index contributed by atoms with van der Waals surface area (Å²) < 4.78 is 0. The van der Waals surface area contributed by atoms with Crippen molar-refractivity contribution in [1.82, 2.24) is 0 Å². The van der Waals surface area contributed by atoms with Gasteiger partial charge in [-0.25, -0.2) is 0 Å². The van der Waals surface area contributed by atoms with Crippen molar-refractivity contribution < 1.29 is 15.0 Å². The van der Waals surface area contributed by atoms with E-state index in [4.69, 9.17) is 15.5 Å². The summed E-state index contributed by atoms with van der Waals surface area (Å²) in [6.45, 7) is 4.82. The predicted molar refractivity (Wildman–Crippen MR) is 70.9 cm³/mol. The van der Waals surface area contributed by atoms with E-state index in [2.05, 4.69) is 0 Å². The van der Waals surface area contributed by atoms with E-state index < -0.39 is 6.10 Å². The SMILES string of the molecule is CC(O)CO.CCC(C)=O.N#Cc1ccccc1. The summed E-state index contributed by atoms with van der Waals surface area (Å²) in [5.41, 5.74) is 0.715. The Morgan fingerprint density at radius 1 is 1.39 bits per heavy atom. The van der Waals surface area contributed by atoms with Gasteiger partial charge >= 0.3 is 0 Å². The van der Waals surface area contributed by atoms with Crippen LogP contribution in [0.2, 0.25) is 0 Å². The van der Waals surface area contributed by atoms with Gasteiger partial charge in [-0.15, -0.1) is 0 Å². The molecule has 18 heavy (non-hydrogen) atoms. The molecule has 0 aliphatic rings. The first kappa shape index (κ1) is 18.7. The zero-order chi connectivity index (χ0) is 14.4. The van der Waals surface area contributed by atoms with Crippen molar-refractivity contribution in [2.45, 2.75) is 33.3 Å². The topological polar surface area (TPSA) is 81.3 Å². The molecule has 1 aromatic carbocycles. The largest absolute Gasteiger partial charge is 0.394 e. The molecule has 2 N–H and O–H groups in total. The van der Waals surface area contributed by atoms with Gasteiger partial charge in [-0.3, -0.25) is 0 Å². The Hall–Kier alpha value is -1.70. The summed E-state index contributed by atoms with van der Waals surface area (Å²) in [5.74, 6) is 0.255. The van der Waals surface area contributed by atoms with Crippen molar-refractivity contribution in [3.05, 3.63) is 35.9 Å². The third-order valence-electron chi connectivity index (χ3n) is 1.67. The van der Waals surface area contributed by atoms with Crippen LogP contribution in [0.4, 0.5) is 0 Å². The molecule has 1 atom stereocenters. The Labute approximate surface area is 109 Å². The van der Waals surface area contributed by atoms with Gasteiger partial charge in [-0.2, -0.15) is 5.26 Å². The van der Waals surface area contributed by atoms with Crippen LogP contribution in [0.3, 0.4) is 0 Å². The number of aliphatic hydroxyl groups is 2. The Bertz CT molecular complexity index is 342. The number of hydrogen-bond donors (Lipinski definition) is 2.